The monoisotopic (exact) mass is 305 g/mol. The quantitative estimate of drug-likeness (QED) is 0.846. The minimum Gasteiger partial charge on any atom is -0.497 e. The first-order valence-electron chi connectivity index (χ1n) is 6.80. The number of nitrogens with two attached hydrogens (primary N) is 1. The molecular formula is C16H19NO3S. The van der Waals surface area contributed by atoms with Gasteiger partial charge in [-0.3, -0.25) is 4.79 Å². The largest absolute Gasteiger partial charge is 0.497 e. The third-order valence-electron chi connectivity index (χ3n) is 3.60. The normalized spacial score (nSPS) is 18.4. The number of thiocarbonyl (C=S) groups is 1. The molecular weight excluding hydrogens is 286 g/mol. The fourth-order valence-corrected chi connectivity index (χ4v) is 2.97. The molecule has 1 aliphatic carbocycles. The summed E-state index contributed by atoms with van der Waals surface area (Å²) >= 11 is 5.40. The number of carbonyl (C=O) groups is 1. The molecule has 0 spiro atoms. The molecule has 1 unspecified atom stereocenters. The fraction of sp³-hybridized carbons (Fsp3) is 0.375. The fourth-order valence-electron chi connectivity index (χ4n) is 2.58. The highest BCUT2D eigenvalue weighted by Gasteiger charge is 2.28. The molecule has 112 valence electrons. The van der Waals surface area contributed by atoms with Crippen LogP contribution in [0.4, 0.5) is 0 Å². The number of ketones is 1. The lowest BCUT2D eigenvalue weighted by atomic mass is 9.80. The maximum absolute atomic E-state index is 11.9. The Bertz CT molecular complexity index is 595. The van der Waals surface area contributed by atoms with Crippen LogP contribution < -0.4 is 15.2 Å². The average Bonchev–Trinajstić information content (AvgIpc) is 2.49. The minimum atomic E-state index is 0.00343. The highest BCUT2D eigenvalue weighted by atomic mass is 32.1. The zero-order valence-electron chi connectivity index (χ0n) is 12.2. The number of benzene rings is 1. The number of hydrogen-bond acceptors (Lipinski definition) is 5. The van der Waals surface area contributed by atoms with Crippen LogP contribution >= 0.6 is 12.2 Å². The molecule has 2 N–H and O–H groups in total. The molecule has 0 saturated heterocycles. The lowest BCUT2D eigenvalue weighted by Crippen LogP contribution is -2.25. The van der Waals surface area contributed by atoms with Gasteiger partial charge in [0.15, 0.2) is 5.78 Å². The van der Waals surface area contributed by atoms with E-state index in [2.05, 4.69) is 0 Å². The smallest absolute Gasteiger partial charge is 0.160 e. The van der Waals surface area contributed by atoms with Crippen molar-refractivity contribution in [1.29, 1.82) is 0 Å². The number of rotatable bonds is 5. The van der Waals surface area contributed by atoms with E-state index in [-0.39, 0.29) is 11.7 Å². The SMILES string of the molecule is COc1ccc(OC)c(C2=CC(=O)CC(=S)C2CCN)c1. The summed E-state index contributed by atoms with van der Waals surface area (Å²) < 4.78 is 10.7. The van der Waals surface area contributed by atoms with Crippen molar-refractivity contribution in [1.82, 2.24) is 0 Å². The molecule has 21 heavy (non-hydrogen) atoms. The van der Waals surface area contributed by atoms with E-state index in [0.29, 0.717) is 24.5 Å². The van der Waals surface area contributed by atoms with Crippen LogP contribution in [0.5, 0.6) is 11.5 Å². The molecule has 0 aliphatic heterocycles. The van der Waals surface area contributed by atoms with E-state index in [1.165, 1.54) is 0 Å². The van der Waals surface area contributed by atoms with Crippen LogP contribution in [0.3, 0.4) is 0 Å². The average molecular weight is 305 g/mol. The molecule has 0 radical (unpaired) electrons. The van der Waals surface area contributed by atoms with Crippen molar-refractivity contribution in [3.63, 3.8) is 0 Å². The Kier molecular flexibility index (Phi) is 5.09. The van der Waals surface area contributed by atoms with Crippen molar-refractivity contribution in [2.75, 3.05) is 20.8 Å². The molecule has 2 rings (SSSR count). The molecule has 1 atom stereocenters. The second-order valence-corrected chi connectivity index (χ2v) is 5.43. The van der Waals surface area contributed by atoms with Gasteiger partial charge in [-0.05, 0) is 42.8 Å². The maximum atomic E-state index is 11.9. The van der Waals surface area contributed by atoms with Crippen LogP contribution in [0.2, 0.25) is 0 Å². The zero-order valence-corrected chi connectivity index (χ0v) is 13.0. The minimum absolute atomic E-state index is 0.00343. The van der Waals surface area contributed by atoms with Crippen molar-refractivity contribution in [2.45, 2.75) is 12.8 Å². The van der Waals surface area contributed by atoms with Gasteiger partial charge in [0.05, 0.1) is 14.2 Å². The summed E-state index contributed by atoms with van der Waals surface area (Å²) in [4.78, 5) is 12.6. The molecule has 1 aliphatic rings. The highest BCUT2D eigenvalue weighted by Crippen LogP contribution is 2.38. The van der Waals surface area contributed by atoms with Crippen molar-refractivity contribution in [3.8, 4) is 11.5 Å². The third-order valence-corrected chi connectivity index (χ3v) is 4.03. The van der Waals surface area contributed by atoms with E-state index in [4.69, 9.17) is 27.4 Å². The summed E-state index contributed by atoms with van der Waals surface area (Å²) in [5.41, 5.74) is 7.41. The van der Waals surface area contributed by atoms with E-state index in [9.17, 15) is 4.79 Å². The van der Waals surface area contributed by atoms with E-state index in [1.54, 1.807) is 20.3 Å². The van der Waals surface area contributed by atoms with Crippen molar-refractivity contribution in [3.05, 3.63) is 29.8 Å². The lowest BCUT2D eigenvalue weighted by molar-refractivity contribution is -0.113. The van der Waals surface area contributed by atoms with Crippen LogP contribution in [0.1, 0.15) is 18.4 Å². The van der Waals surface area contributed by atoms with Gasteiger partial charge in [-0.15, -0.1) is 0 Å². The molecule has 0 amide bonds. The number of allylic oxidation sites excluding steroid dienone is 2. The summed E-state index contributed by atoms with van der Waals surface area (Å²) in [7, 11) is 3.21. The van der Waals surface area contributed by atoms with Crippen LogP contribution in [-0.2, 0) is 4.79 Å². The van der Waals surface area contributed by atoms with Gasteiger partial charge >= 0.3 is 0 Å². The molecule has 5 heteroatoms. The Hall–Kier alpha value is -1.72. The highest BCUT2D eigenvalue weighted by molar-refractivity contribution is 7.80. The predicted molar refractivity (Wildman–Crippen MR) is 86.9 cm³/mol. The van der Waals surface area contributed by atoms with Crippen molar-refractivity contribution >= 4 is 28.4 Å². The predicted octanol–water partition coefficient (Wildman–Crippen LogP) is 2.39. The van der Waals surface area contributed by atoms with Crippen LogP contribution in [0.25, 0.3) is 5.57 Å². The Balaban J connectivity index is 2.55. The lowest BCUT2D eigenvalue weighted by Gasteiger charge is -2.26. The van der Waals surface area contributed by atoms with E-state index in [1.807, 2.05) is 18.2 Å². The number of carbonyl (C=O) groups excluding carboxylic acids is 1. The molecule has 0 heterocycles. The summed E-state index contributed by atoms with van der Waals surface area (Å²) in [6.07, 6.45) is 2.70. The Morgan fingerprint density at radius 2 is 2.10 bits per heavy atom. The molecule has 1 aromatic carbocycles. The Morgan fingerprint density at radius 3 is 2.71 bits per heavy atom. The van der Waals surface area contributed by atoms with Gasteiger partial charge in [-0.2, -0.15) is 0 Å². The number of ether oxygens (including phenoxy) is 2. The van der Waals surface area contributed by atoms with Gasteiger partial charge in [0, 0.05) is 22.8 Å². The molecule has 0 fully saturated rings. The van der Waals surface area contributed by atoms with Crippen LogP contribution in [0.15, 0.2) is 24.3 Å². The van der Waals surface area contributed by atoms with E-state index >= 15 is 0 Å². The van der Waals surface area contributed by atoms with Crippen molar-refractivity contribution in [2.24, 2.45) is 11.7 Å². The van der Waals surface area contributed by atoms with E-state index in [0.717, 1.165) is 22.4 Å². The molecule has 0 aromatic heterocycles. The summed E-state index contributed by atoms with van der Waals surface area (Å²) in [5, 5.41) is 0. The zero-order chi connectivity index (χ0) is 15.4. The second kappa shape index (κ2) is 6.83. The first-order valence-corrected chi connectivity index (χ1v) is 7.21. The first kappa shape index (κ1) is 15.7. The Labute approximate surface area is 129 Å². The maximum Gasteiger partial charge on any atom is 0.160 e. The van der Waals surface area contributed by atoms with Gasteiger partial charge in [-0.1, -0.05) is 12.2 Å². The third kappa shape index (κ3) is 3.31. The number of methoxy groups -OCH3 is 2. The standard InChI is InChI=1S/C16H19NO3S/c1-19-11-3-4-15(20-2)14(9-11)13-7-10(18)8-16(21)12(13)5-6-17/h3-4,7,9,12H,5-6,8,17H2,1-2H3. The molecule has 1 aromatic rings. The summed E-state index contributed by atoms with van der Waals surface area (Å²) in [6.45, 7) is 0.516. The summed E-state index contributed by atoms with van der Waals surface area (Å²) in [6, 6.07) is 5.52. The Morgan fingerprint density at radius 1 is 1.33 bits per heavy atom. The topological polar surface area (TPSA) is 61.5 Å². The molecule has 4 nitrogen and oxygen atoms in total. The molecule has 0 saturated carbocycles. The number of hydrogen-bond donors (Lipinski definition) is 1. The van der Waals surface area contributed by atoms with Gasteiger partial charge in [0.1, 0.15) is 11.5 Å². The van der Waals surface area contributed by atoms with Crippen molar-refractivity contribution < 1.29 is 14.3 Å². The second-order valence-electron chi connectivity index (χ2n) is 4.91. The van der Waals surface area contributed by atoms with Gasteiger partial charge in [0.2, 0.25) is 0 Å². The molecule has 0 bridgehead atoms. The van der Waals surface area contributed by atoms with Crippen LogP contribution in [0, 0.1) is 5.92 Å². The summed E-state index contributed by atoms with van der Waals surface area (Å²) in [5.74, 6) is 1.43. The van der Waals surface area contributed by atoms with Gasteiger partial charge in [-0.25, -0.2) is 0 Å². The van der Waals surface area contributed by atoms with Gasteiger partial charge < -0.3 is 15.2 Å². The van der Waals surface area contributed by atoms with Gasteiger partial charge in [0.25, 0.3) is 0 Å². The first-order chi connectivity index (χ1) is 10.1. The van der Waals surface area contributed by atoms with E-state index < -0.39 is 0 Å². The van der Waals surface area contributed by atoms with Crippen LogP contribution in [-0.4, -0.2) is 31.4 Å².